The van der Waals surface area contributed by atoms with Crippen LogP contribution in [-0.2, 0) is 6.42 Å². The molecule has 2 unspecified atom stereocenters. The van der Waals surface area contributed by atoms with E-state index in [1.54, 1.807) is 0 Å². The first kappa shape index (κ1) is 11.5. The number of primary amides is 1. The summed E-state index contributed by atoms with van der Waals surface area (Å²) in [6.07, 6.45) is 1.29. The maximum atomic E-state index is 11.0. The van der Waals surface area contributed by atoms with Gasteiger partial charge >= 0.3 is 0 Å². The molecule has 88 valence electrons. The summed E-state index contributed by atoms with van der Waals surface area (Å²) in [6.45, 7) is 4.19. The molecule has 0 saturated heterocycles. The SMILES string of the molecule is CC(C)C1CCc2sc(C(N)=O)nc2C1O. The van der Waals surface area contributed by atoms with E-state index in [0.717, 1.165) is 17.7 Å². The normalized spacial score (nSPS) is 24.5. The smallest absolute Gasteiger partial charge is 0.277 e. The molecule has 0 bridgehead atoms. The number of hydrogen-bond acceptors (Lipinski definition) is 4. The Bertz CT molecular complexity index is 414. The van der Waals surface area contributed by atoms with Crippen molar-refractivity contribution in [3.05, 3.63) is 15.6 Å². The van der Waals surface area contributed by atoms with Crippen LogP contribution in [0.4, 0.5) is 0 Å². The summed E-state index contributed by atoms with van der Waals surface area (Å²) in [7, 11) is 0. The van der Waals surface area contributed by atoms with Crippen molar-refractivity contribution in [2.24, 2.45) is 17.6 Å². The molecule has 0 spiro atoms. The highest BCUT2D eigenvalue weighted by molar-refractivity contribution is 7.13. The highest BCUT2D eigenvalue weighted by Gasteiger charge is 2.33. The molecule has 5 heteroatoms. The molecule has 3 N–H and O–H groups in total. The molecule has 0 aliphatic heterocycles. The van der Waals surface area contributed by atoms with Crippen LogP contribution in [0.1, 0.15) is 46.7 Å². The van der Waals surface area contributed by atoms with E-state index >= 15 is 0 Å². The lowest BCUT2D eigenvalue weighted by Crippen LogP contribution is -2.24. The lowest BCUT2D eigenvalue weighted by atomic mass is 9.80. The first-order valence-electron chi connectivity index (χ1n) is 5.48. The molecule has 0 radical (unpaired) electrons. The van der Waals surface area contributed by atoms with Crippen molar-refractivity contribution in [3.8, 4) is 0 Å². The molecule has 16 heavy (non-hydrogen) atoms. The molecular weight excluding hydrogens is 224 g/mol. The van der Waals surface area contributed by atoms with Crippen LogP contribution in [0.25, 0.3) is 0 Å². The van der Waals surface area contributed by atoms with Gasteiger partial charge in [0, 0.05) is 4.88 Å². The summed E-state index contributed by atoms with van der Waals surface area (Å²) < 4.78 is 0. The zero-order chi connectivity index (χ0) is 11.9. The number of aromatic nitrogens is 1. The van der Waals surface area contributed by atoms with Gasteiger partial charge in [0.2, 0.25) is 0 Å². The van der Waals surface area contributed by atoms with Crippen molar-refractivity contribution < 1.29 is 9.90 Å². The van der Waals surface area contributed by atoms with Crippen LogP contribution in [0.2, 0.25) is 0 Å². The van der Waals surface area contributed by atoms with Gasteiger partial charge in [0.05, 0.1) is 5.69 Å². The molecular formula is C11H16N2O2S. The number of aliphatic hydroxyl groups is 1. The van der Waals surface area contributed by atoms with Gasteiger partial charge in [-0.3, -0.25) is 4.79 Å². The number of aryl methyl sites for hydroxylation is 1. The number of rotatable bonds is 2. The fourth-order valence-corrected chi connectivity index (χ4v) is 3.20. The highest BCUT2D eigenvalue weighted by atomic mass is 32.1. The molecule has 1 heterocycles. The van der Waals surface area contributed by atoms with E-state index in [1.807, 2.05) is 0 Å². The lowest BCUT2D eigenvalue weighted by molar-refractivity contribution is 0.0641. The van der Waals surface area contributed by atoms with Crippen LogP contribution in [0.5, 0.6) is 0 Å². The molecule has 1 aliphatic carbocycles. The third-order valence-electron chi connectivity index (χ3n) is 3.19. The number of nitrogens with zero attached hydrogens (tertiary/aromatic N) is 1. The predicted molar refractivity (Wildman–Crippen MR) is 62.2 cm³/mol. The minimum atomic E-state index is -0.548. The minimum Gasteiger partial charge on any atom is -0.386 e. The predicted octanol–water partition coefficient (Wildman–Crippen LogP) is 1.49. The van der Waals surface area contributed by atoms with Crippen LogP contribution in [0, 0.1) is 11.8 Å². The van der Waals surface area contributed by atoms with Crippen LogP contribution >= 0.6 is 11.3 Å². The Balaban J connectivity index is 2.33. The second kappa shape index (κ2) is 4.14. The molecule has 0 saturated carbocycles. The third-order valence-corrected chi connectivity index (χ3v) is 4.33. The number of nitrogens with two attached hydrogens (primary N) is 1. The van der Waals surface area contributed by atoms with E-state index in [0.29, 0.717) is 16.6 Å². The summed E-state index contributed by atoms with van der Waals surface area (Å²) in [5, 5.41) is 10.5. The fourth-order valence-electron chi connectivity index (χ4n) is 2.24. The van der Waals surface area contributed by atoms with Crippen molar-refractivity contribution in [1.29, 1.82) is 0 Å². The summed E-state index contributed by atoms with van der Waals surface area (Å²) >= 11 is 1.32. The fraction of sp³-hybridized carbons (Fsp3) is 0.636. The van der Waals surface area contributed by atoms with Crippen molar-refractivity contribution >= 4 is 17.2 Å². The molecule has 2 rings (SSSR count). The number of hydrogen-bond donors (Lipinski definition) is 2. The maximum Gasteiger partial charge on any atom is 0.277 e. The summed E-state index contributed by atoms with van der Waals surface area (Å²) in [6, 6.07) is 0. The van der Waals surface area contributed by atoms with Gasteiger partial charge < -0.3 is 10.8 Å². The van der Waals surface area contributed by atoms with Crippen molar-refractivity contribution in [2.45, 2.75) is 32.8 Å². The van der Waals surface area contributed by atoms with Gasteiger partial charge in [0.25, 0.3) is 5.91 Å². The van der Waals surface area contributed by atoms with Gasteiger partial charge in [-0.2, -0.15) is 0 Å². The monoisotopic (exact) mass is 240 g/mol. The van der Waals surface area contributed by atoms with E-state index in [9.17, 15) is 9.90 Å². The molecule has 1 amide bonds. The largest absolute Gasteiger partial charge is 0.386 e. The van der Waals surface area contributed by atoms with Crippen LogP contribution < -0.4 is 5.73 Å². The highest BCUT2D eigenvalue weighted by Crippen LogP contribution is 2.40. The van der Waals surface area contributed by atoms with Gasteiger partial charge in [-0.1, -0.05) is 13.8 Å². The van der Waals surface area contributed by atoms with E-state index in [-0.39, 0.29) is 5.92 Å². The number of fused-ring (bicyclic) bond motifs is 1. The van der Waals surface area contributed by atoms with E-state index in [4.69, 9.17) is 5.73 Å². The average Bonchev–Trinajstić information content (AvgIpc) is 2.62. The Hall–Kier alpha value is -0.940. The lowest BCUT2D eigenvalue weighted by Gasteiger charge is -2.29. The Kier molecular flexibility index (Phi) is 2.99. The number of thiazole rings is 1. The first-order chi connectivity index (χ1) is 7.50. The number of aliphatic hydroxyl groups excluding tert-OH is 1. The summed E-state index contributed by atoms with van der Waals surface area (Å²) in [4.78, 5) is 16.2. The standard InChI is InChI=1S/C11H16N2O2S/c1-5(2)6-3-4-7-8(9(6)14)13-11(16-7)10(12)15/h5-6,9,14H,3-4H2,1-2H3,(H2,12,15). The third kappa shape index (κ3) is 1.85. The summed E-state index contributed by atoms with van der Waals surface area (Å²) in [5.74, 6) is 0.143. The molecule has 1 aromatic heterocycles. The average molecular weight is 240 g/mol. The number of carbonyl (C=O) groups is 1. The maximum absolute atomic E-state index is 11.0. The summed E-state index contributed by atoms with van der Waals surface area (Å²) in [5.41, 5.74) is 5.86. The van der Waals surface area contributed by atoms with E-state index in [2.05, 4.69) is 18.8 Å². The van der Waals surface area contributed by atoms with E-state index < -0.39 is 12.0 Å². The number of carbonyl (C=O) groups excluding carboxylic acids is 1. The Morgan fingerprint density at radius 2 is 2.31 bits per heavy atom. The van der Waals surface area contributed by atoms with Gasteiger partial charge in [0.15, 0.2) is 5.01 Å². The van der Waals surface area contributed by atoms with E-state index in [1.165, 1.54) is 11.3 Å². The first-order valence-corrected chi connectivity index (χ1v) is 6.29. The van der Waals surface area contributed by atoms with Crippen LogP contribution in [-0.4, -0.2) is 16.0 Å². The Labute approximate surface area is 98.5 Å². The second-order valence-electron chi connectivity index (χ2n) is 4.58. The van der Waals surface area contributed by atoms with Crippen molar-refractivity contribution in [2.75, 3.05) is 0 Å². The minimum absolute atomic E-state index is 0.232. The van der Waals surface area contributed by atoms with Gasteiger partial charge in [-0.25, -0.2) is 4.98 Å². The topological polar surface area (TPSA) is 76.2 Å². The molecule has 0 aromatic carbocycles. The number of amides is 1. The van der Waals surface area contributed by atoms with Gasteiger partial charge in [-0.15, -0.1) is 11.3 Å². The zero-order valence-electron chi connectivity index (χ0n) is 9.43. The quantitative estimate of drug-likeness (QED) is 0.822. The zero-order valence-corrected chi connectivity index (χ0v) is 10.3. The second-order valence-corrected chi connectivity index (χ2v) is 5.67. The molecule has 1 aliphatic rings. The van der Waals surface area contributed by atoms with Crippen molar-refractivity contribution in [3.63, 3.8) is 0 Å². The molecule has 2 atom stereocenters. The molecule has 4 nitrogen and oxygen atoms in total. The molecule has 0 fully saturated rings. The van der Waals surface area contributed by atoms with Crippen molar-refractivity contribution in [1.82, 2.24) is 4.98 Å². The van der Waals surface area contributed by atoms with Gasteiger partial charge in [-0.05, 0) is 24.7 Å². The van der Waals surface area contributed by atoms with Crippen LogP contribution in [0.3, 0.4) is 0 Å². The Morgan fingerprint density at radius 1 is 1.62 bits per heavy atom. The molecule has 1 aromatic rings. The Morgan fingerprint density at radius 3 is 2.88 bits per heavy atom. The van der Waals surface area contributed by atoms with Gasteiger partial charge in [0.1, 0.15) is 6.10 Å². The van der Waals surface area contributed by atoms with Crippen LogP contribution in [0.15, 0.2) is 0 Å².